The molecule has 1 aromatic carbocycles. The lowest BCUT2D eigenvalue weighted by Gasteiger charge is -2.22. The molecule has 0 amide bonds. The average Bonchev–Trinajstić information content (AvgIpc) is 2.35. The van der Waals surface area contributed by atoms with Gasteiger partial charge in [0, 0.05) is 6.54 Å². The van der Waals surface area contributed by atoms with Crippen LogP contribution in [0.5, 0.6) is 5.75 Å². The summed E-state index contributed by atoms with van der Waals surface area (Å²) in [4.78, 5) is 0. The zero-order chi connectivity index (χ0) is 12.7. The zero-order valence-corrected chi connectivity index (χ0v) is 11.1. The van der Waals surface area contributed by atoms with Crippen molar-refractivity contribution >= 4 is 0 Å². The average molecular weight is 236 g/mol. The summed E-state index contributed by atoms with van der Waals surface area (Å²) in [5.41, 5.74) is 7.15. The number of nitrogens with two attached hydrogens (primary N) is 1. The Kier molecular flexibility index (Phi) is 5.45. The minimum atomic E-state index is 0.175. The van der Waals surface area contributed by atoms with Crippen molar-refractivity contribution in [2.45, 2.75) is 20.3 Å². The first kappa shape index (κ1) is 14.0. The summed E-state index contributed by atoms with van der Waals surface area (Å²) in [6.45, 7) is 6.97. The molecule has 0 aliphatic carbocycles. The third kappa shape index (κ3) is 5.20. The summed E-state index contributed by atoms with van der Waals surface area (Å²) < 4.78 is 5.20. The molecule has 0 saturated heterocycles. The number of ether oxygens (including phenoxy) is 1. The van der Waals surface area contributed by atoms with Crippen LogP contribution < -0.4 is 15.8 Å². The lowest BCUT2D eigenvalue weighted by atomic mass is 9.94. The fraction of sp³-hybridized carbons (Fsp3) is 0.571. The first-order valence-electron chi connectivity index (χ1n) is 6.11. The smallest absolute Gasteiger partial charge is 0.119 e. The first-order valence-corrected chi connectivity index (χ1v) is 6.11. The molecular formula is C14H24N2O. The highest BCUT2D eigenvalue weighted by atomic mass is 16.5. The van der Waals surface area contributed by atoms with Crippen molar-refractivity contribution in [2.75, 3.05) is 26.7 Å². The molecule has 0 heterocycles. The van der Waals surface area contributed by atoms with Crippen molar-refractivity contribution in [1.29, 1.82) is 0 Å². The first-order chi connectivity index (χ1) is 8.07. The number of rotatable bonds is 7. The molecule has 0 bridgehead atoms. The van der Waals surface area contributed by atoms with E-state index in [1.807, 2.05) is 12.1 Å². The Balaban J connectivity index is 2.31. The van der Waals surface area contributed by atoms with Crippen LogP contribution in [0.1, 0.15) is 19.4 Å². The number of nitrogens with one attached hydrogen (secondary N) is 1. The molecule has 0 atom stereocenters. The van der Waals surface area contributed by atoms with E-state index in [-0.39, 0.29) is 5.41 Å². The summed E-state index contributed by atoms with van der Waals surface area (Å²) in [6, 6.07) is 8.19. The second-order valence-electron chi connectivity index (χ2n) is 5.15. The van der Waals surface area contributed by atoms with Gasteiger partial charge in [0.15, 0.2) is 0 Å². The molecule has 0 saturated carbocycles. The van der Waals surface area contributed by atoms with Crippen LogP contribution in [0.25, 0.3) is 0 Å². The standard InChI is InChI=1S/C14H24N2O/c1-14(2,10-15)11-16-8-7-12-5-4-6-13(9-12)17-3/h4-6,9,16H,7-8,10-11,15H2,1-3H3. The fourth-order valence-corrected chi connectivity index (χ4v) is 1.56. The van der Waals surface area contributed by atoms with E-state index in [0.29, 0.717) is 6.54 Å². The van der Waals surface area contributed by atoms with Gasteiger partial charge >= 0.3 is 0 Å². The molecule has 0 radical (unpaired) electrons. The van der Waals surface area contributed by atoms with Gasteiger partial charge in [-0.1, -0.05) is 26.0 Å². The van der Waals surface area contributed by atoms with Crippen LogP contribution in [0, 0.1) is 5.41 Å². The lowest BCUT2D eigenvalue weighted by molar-refractivity contribution is 0.353. The number of hydrogen-bond donors (Lipinski definition) is 2. The summed E-state index contributed by atoms with van der Waals surface area (Å²) in [5, 5.41) is 3.44. The van der Waals surface area contributed by atoms with Gasteiger partial charge in [0.2, 0.25) is 0 Å². The minimum absolute atomic E-state index is 0.175. The maximum absolute atomic E-state index is 5.68. The van der Waals surface area contributed by atoms with E-state index < -0.39 is 0 Å². The lowest BCUT2D eigenvalue weighted by Crippen LogP contribution is -2.36. The summed E-state index contributed by atoms with van der Waals surface area (Å²) >= 11 is 0. The van der Waals surface area contributed by atoms with Gasteiger partial charge in [-0.15, -0.1) is 0 Å². The van der Waals surface area contributed by atoms with Crippen LogP contribution >= 0.6 is 0 Å². The predicted molar refractivity (Wildman–Crippen MR) is 72.4 cm³/mol. The quantitative estimate of drug-likeness (QED) is 0.710. The normalized spacial score (nSPS) is 11.5. The molecule has 3 heteroatoms. The highest BCUT2D eigenvalue weighted by molar-refractivity contribution is 5.28. The predicted octanol–water partition coefficient (Wildman–Crippen LogP) is 1.81. The minimum Gasteiger partial charge on any atom is -0.497 e. The Morgan fingerprint density at radius 1 is 1.35 bits per heavy atom. The van der Waals surface area contributed by atoms with Crippen LogP contribution in [-0.2, 0) is 6.42 Å². The maximum Gasteiger partial charge on any atom is 0.119 e. The molecule has 0 spiro atoms. The van der Waals surface area contributed by atoms with E-state index in [2.05, 4.69) is 31.3 Å². The summed E-state index contributed by atoms with van der Waals surface area (Å²) in [6.07, 6.45) is 1.01. The van der Waals surface area contributed by atoms with E-state index in [1.165, 1.54) is 5.56 Å². The van der Waals surface area contributed by atoms with Gasteiger partial charge in [0.1, 0.15) is 5.75 Å². The molecule has 0 aliphatic heterocycles. The van der Waals surface area contributed by atoms with Crippen LogP contribution in [0.15, 0.2) is 24.3 Å². The van der Waals surface area contributed by atoms with Crippen LogP contribution in [0.3, 0.4) is 0 Å². The van der Waals surface area contributed by atoms with Crippen LogP contribution in [-0.4, -0.2) is 26.7 Å². The van der Waals surface area contributed by atoms with Crippen molar-refractivity contribution < 1.29 is 4.74 Å². The SMILES string of the molecule is COc1cccc(CCNCC(C)(C)CN)c1. The van der Waals surface area contributed by atoms with Crippen LogP contribution in [0.2, 0.25) is 0 Å². The molecule has 0 aliphatic rings. The molecule has 1 rings (SSSR count). The molecule has 0 aromatic heterocycles. The topological polar surface area (TPSA) is 47.3 Å². The number of benzene rings is 1. The Bertz CT molecular complexity index is 337. The van der Waals surface area contributed by atoms with Gasteiger partial charge in [0.25, 0.3) is 0 Å². The zero-order valence-electron chi connectivity index (χ0n) is 11.1. The number of methoxy groups -OCH3 is 1. The van der Waals surface area contributed by atoms with Gasteiger partial charge in [-0.25, -0.2) is 0 Å². The van der Waals surface area contributed by atoms with Gasteiger partial charge in [-0.3, -0.25) is 0 Å². The van der Waals surface area contributed by atoms with Gasteiger partial charge in [0.05, 0.1) is 7.11 Å². The van der Waals surface area contributed by atoms with Gasteiger partial charge < -0.3 is 15.8 Å². The second kappa shape index (κ2) is 6.62. The number of hydrogen-bond acceptors (Lipinski definition) is 3. The second-order valence-corrected chi connectivity index (χ2v) is 5.15. The highest BCUT2D eigenvalue weighted by Crippen LogP contribution is 2.13. The van der Waals surface area contributed by atoms with Crippen LogP contribution in [0.4, 0.5) is 0 Å². The van der Waals surface area contributed by atoms with E-state index in [1.54, 1.807) is 7.11 Å². The third-order valence-corrected chi connectivity index (χ3v) is 2.88. The Hall–Kier alpha value is -1.06. The molecule has 0 fully saturated rings. The summed E-state index contributed by atoms with van der Waals surface area (Å²) in [5.74, 6) is 0.921. The molecule has 1 aromatic rings. The molecule has 3 nitrogen and oxygen atoms in total. The van der Waals surface area contributed by atoms with Crippen molar-refractivity contribution in [2.24, 2.45) is 11.1 Å². The van der Waals surface area contributed by atoms with E-state index in [0.717, 1.165) is 25.3 Å². The maximum atomic E-state index is 5.68. The Morgan fingerprint density at radius 2 is 2.12 bits per heavy atom. The largest absolute Gasteiger partial charge is 0.497 e. The summed E-state index contributed by atoms with van der Waals surface area (Å²) in [7, 11) is 1.70. The molecule has 0 unspecified atom stereocenters. The van der Waals surface area contributed by atoms with E-state index in [4.69, 9.17) is 10.5 Å². The third-order valence-electron chi connectivity index (χ3n) is 2.88. The molecule has 3 N–H and O–H groups in total. The van der Waals surface area contributed by atoms with E-state index in [9.17, 15) is 0 Å². The molecule has 17 heavy (non-hydrogen) atoms. The molecule has 96 valence electrons. The van der Waals surface area contributed by atoms with Crippen molar-refractivity contribution in [3.05, 3.63) is 29.8 Å². The fourth-order valence-electron chi connectivity index (χ4n) is 1.56. The van der Waals surface area contributed by atoms with E-state index >= 15 is 0 Å². The Morgan fingerprint density at radius 3 is 2.76 bits per heavy atom. The van der Waals surface area contributed by atoms with Gasteiger partial charge in [-0.2, -0.15) is 0 Å². The van der Waals surface area contributed by atoms with Crippen molar-refractivity contribution in [1.82, 2.24) is 5.32 Å². The van der Waals surface area contributed by atoms with Crippen molar-refractivity contribution in [3.8, 4) is 5.75 Å². The van der Waals surface area contributed by atoms with Crippen molar-refractivity contribution in [3.63, 3.8) is 0 Å². The monoisotopic (exact) mass is 236 g/mol. The van der Waals surface area contributed by atoms with Gasteiger partial charge in [-0.05, 0) is 42.6 Å². The highest BCUT2D eigenvalue weighted by Gasteiger charge is 2.13. The Labute approximate surface area is 104 Å². The molecular weight excluding hydrogens is 212 g/mol.